The van der Waals surface area contributed by atoms with E-state index < -0.39 is 5.97 Å². The van der Waals surface area contributed by atoms with Crippen molar-refractivity contribution in [2.24, 2.45) is 23.2 Å². The van der Waals surface area contributed by atoms with Crippen LogP contribution < -0.4 is 5.32 Å². The molecule has 27 heavy (non-hydrogen) atoms. The van der Waals surface area contributed by atoms with E-state index in [1.165, 1.54) is 26.4 Å². The summed E-state index contributed by atoms with van der Waals surface area (Å²) in [7, 11) is 1.32. The Morgan fingerprint density at radius 2 is 1.56 bits per heavy atom. The first kappa shape index (κ1) is 18.0. The summed E-state index contributed by atoms with van der Waals surface area (Å²) >= 11 is 0. The molecule has 144 valence electrons. The number of carbonyl (C=O) groups is 3. The van der Waals surface area contributed by atoms with Crippen molar-refractivity contribution in [1.82, 2.24) is 0 Å². The van der Waals surface area contributed by atoms with Gasteiger partial charge in [0.05, 0.1) is 18.1 Å². The van der Waals surface area contributed by atoms with E-state index in [0.717, 1.165) is 19.3 Å². The third-order valence-electron chi connectivity index (χ3n) is 6.40. The van der Waals surface area contributed by atoms with Gasteiger partial charge < -0.3 is 14.8 Å². The first-order chi connectivity index (χ1) is 13.0. The lowest BCUT2D eigenvalue weighted by Gasteiger charge is -2.55. The maximum absolute atomic E-state index is 12.8. The molecule has 1 aromatic rings. The molecule has 4 aliphatic rings. The quantitative estimate of drug-likeness (QED) is 0.804. The largest absolute Gasteiger partial charge is 0.465 e. The van der Waals surface area contributed by atoms with E-state index in [9.17, 15) is 14.4 Å². The van der Waals surface area contributed by atoms with Crippen LogP contribution in [0.2, 0.25) is 0 Å². The Morgan fingerprint density at radius 3 is 2.07 bits per heavy atom. The van der Waals surface area contributed by atoms with Gasteiger partial charge in [0.2, 0.25) is 0 Å². The van der Waals surface area contributed by atoms with Crippen LogP contribution in [0.5, 0.6) is 0 Å². The maximum atomic E-state index is 12.8. The number of hydrogen-bond donors (Lipinski definition) is 1. The SMILES string of the molecule is COC(=O)c1ccc(NC(=O)COC(=O)C23CC4CC(CC(C4)C2)C3)cc1. The Balaban J connectivity index is 1.30. The van der Waals surface area contributed by atoms with Crippen molar-refractivity contribution in [2.75, 3.05) is 19.0 Å². The van der Waals surface area contributed by atoms with E-state index in [-0.39, 0.29) is 23.9 Å². The molecule has 5 rings (SSSR count). The summed E-state index contributed by atoms with van der Waals surface area (Å²) in [6, 6.07) is 6.38. The Hall–Kier alpha value is -2.37. The van der Waals surface area contributed by atoms with Crippen LogP contribution in [-0.4, -0.2) is 31.6 Å². The average molecular weight is 371 g/mol. The van der Waals surface area contributed by atoms with E-state index in [0.29, 0.717) is 29.0 Å². The lowest BCUT2D eigenvalue weighted by atomic mass is 9.49. The van der Waals surface area contributed by atoms with Crippen LogP contribution in [0.4, 0.5) is 5.69 Å². The predicted octanol–water partition coefficient (Wildman–Crippen LogP) is 3.17. The molecule has 4 aliphatic carbocycles. The van der Waals surface area contributed by atoms with Crippen LogP contribution in [0.15, 0.2) is 24.3 Å². The molecule has 0 aromatic heterocycles. The molecule has 6 nitrogen and oxygen atoms in total. The molecule has 0 saturated heterocycles. The minimum absolute atomic E-state index is 0.196. The van der Waals surface area contributed by atoms with Crippen molar-refractivity contribution in [1.29, 1.82) is 0 Å². The van der Waals surface area contributed by atoms with Gasteiger partial charge in [-0.05, 0) is 80.5 Å². The number of ether oxygens (including phenoxy) is 2. The normalized spacial score (nSPS) is 30.6. The van der Waals surface area contributed by atoms with E-state index >= 15 is 0 Å². The van der Waals surface area contributed by atoms with E-state index in [1.807, 2.05) is 0 Å². The molecule has 6 heteroatoms. The number of methoxy groups -OCH3 is 1. The first-order valence-electron chi connectivity index (χ1n) is 9.63. The van der Waals surface area contributed by atoms with Crippen molar-refractivity contribution in [3.63, 3.8) is 0 Å². The second kappa shape index (κ2) is 6.98. The number of amides is 1. The number of rotatable bonds is 5. The Morgan fingerprint density at radius 1 is 1.00 bits per heavy atom. The zero-order valence-electron chi connectivity index (χ0n) is 15.5. The van der Waals surface area contributed by atoms with E-state index in [2.05, 4.69) is 10.1 Å². The fourth-order valence-corrected chi connectivity index (χ4v) is 5.65. The van der Waals surface area contributed by atoms with Crippen LogP contribution in [-0.2, 0) is 19.1 Å². The molecule has 4 saturated carbocycles. The summed E-state index contributed by atoms with van der Waals surface area (Å²) in [6.45, 7) is -0.278. The Kier molecular flexibility index (Phi) is 4.66. The van der Waals surface area contributed by atoms with Crippen LogP contribution in [0.25, 0.3) is 0 Å². The summed E-state index contributed by atoms with van der Waals surface area (Å²) in [5.74, 6) is 0.969. The summed E-state index contributed by atoms with van der Waals surface area (Å²) in [6.07, 6.45) is 6.55. The van der Waals surface area contributed by atoms with Crippen molar-refractivity contribution in [3.8, 4) is 0 Å². The highest BCUT2D eigenvalue weighted by atomic mass is 16.5. The summed E-state index contributed by atoms with van der Waals surface area (Å²) in [5.41, 5.74) is 0.597. The second-order valence-corrected chi connectivity index (χ2v) is 8.39. The van der Waals surface area contributed by atoms with Crippen molar-refractivity contribution in [2.45, 2.75) is 38.5 Å². The monoisotopic (exact) mass is 371 g/mol. The molecule has 1 amide bonds. The van der Waals surface area contributed by atoms with Gasteiger partial charge >= 0.3 is 11.9 Å². The van der Waals surface area contributed by atoms with Gasteiger partial charge in [-0.1, -0.05) is 0 Å². The van der Waals surface area contributed by atoms with Crippen LogP contribution in [0.3, 0.4) is 0 Å². The number of carbonyl (C=O) groups excluding carboxylic acids is 3. The highest BCUT2D eigenvalue weighted by Gasteiger charge is 2.55. The molecule has 0 heterocycles. The van der Waals surface area contributed by atoms with Crippen molar-refractivity contribution < 1.29 is 23.9 Å². The molecule has 0 spiro atoms. The van der Waals surface area contributed by atoms with Gasteiger partial charge in [0.1, 0.15) is 0 Å². The Bertz CT molecular complexity index is 719. The van der Waals surface area contributed by atoms with Gasteiger partial charge in [-0.15, -0.1) is 0 Å². The van der Waals surface area contributed by atoms with Crippen molar-refractivity contribution in [3.05, 3.63) is 29.8 Å². The summed E-state index contributed by atoms with van der Waals surface area (Å²) in [4.78, 5) is 36.3. The lowest BCUT2D eigenvalue weighted by Crippen LogP contribution is -2.50. The third kappa shape index (κ3) is 3.57. The highest BCUT2D eigenvalue weighted by Crippen LogP contribution is 2.60. The number of anilines is 1. The van der Waals surface area contributed by atoms with Gasteiger partial charge in [0.25, 0.3) is 5.91 Å². The van der Waals surface area contributed by atoms with Crippen LogP contribution in [0.1, 0.15) is 48.9 Å². The van der Waals surface area contributed by atoms with Gasteiger partial charge in [-0.2, -0.15) is 0 Å². The molecule has 0 aliphatic heterocycles. The molecular formula is C21H25NO5. The molecule has 0 atom stereocenters. The van der Waals surface area contributed by atoms with E-state index in [4.69, 9.17) is 4.74 Å². The van der Waals surface area contributed by atoms with Crippen LogP contribution >= 0.6 is 0 Å². The molecule has 0 radical (unpaired) electrons. The third-order valence-corrected chi connectivity index (χ3v) is 6.40. The minimum Gasteiger partial charge on any atom is -0.465 e. The molecule has 1 N–H and O–H groups in total. The van der Waals surface area contributed by atoms with Gasteiger partial charge in [-0.25, -0.2) is 4.79 Å². The standard InChI is InChI=1S/C21H25NO5/c1-26-19(24)16-2-4-17(5-3-16)22-18(23)12-27-20(25)21-9-13-6-14(10-21)8-15(7-13)11-21/h2-5,13-15H,6-12H2,1H3,(H,22,23). The smallest absolute Gasteiger partial charge is 0.337 e. The number of esters is 2. The van der Waals surface area contributed by atoms with Crippen LogP contribution in [0, 0.1) is 23.2 Å². The fourth-order valence-electron chi connectivity index (χ4n) is 5.65. The zero-order valence-corrected chi connectivity index (χ0v) is 15.5. The van der Waals surface area contributed by atoms with Gasteiger partial charge in [0.15, 0.2) is 6.61 Å². The van der Waals surface area contributed by atoms with Crippen molar-refractivity contribution >= 4 is 23.5 Å². The number of benzene rings is 1. The average Bonchev–Trinajstić information content (AvgIpc) is 2.65. The molecule has 4 bridgehead atoms. The first-order valence-corrected chi connectivity index (χ1v) is 9.63. The van der Waals surface area contributed by atoms with E-state index in [1.54, 1.807) is 24.3 Å². The maximum Gasteiger partial charge on any atom is 0.337 e. The summed E-state index contributed by atoms with van der Waals surface area (Å²) in [5, 5.41) is 2.69. The number of nitrogens with one attached hydrogen (secondary N) is 1. The number of hydrogen-bond acceptors (Lipinski definition) is 5. The molecular weight excluding hydrogens is 346 g/mol. The molecule has 4 fully saturated rings. The molecule has 0 unspecified atom stereocenters. The summed E-state index contributed by atoms with van der Waals surface area (Å²) < 4.78 is 10.1. The predicted molar refractivity (Wildman–Crippen MR) is 98.0 cm³/mol. The Labute approximate surface area is 158 Å². The second-order valence-electron chi connectivity index (χ2n) is 8.39. The molecule has 1 aromatic carbocycles. The highest BCUT2D eigenvalue weighted by molar-refractivity contribution is 5.94. The van der Waals surface area contributed by atoms with Gasteiger partial charge in [-0.3, -0.25) is 9.59 Å². The fraction of sp³-hybridized carbons (Fsp3) is 0.571. The lowest BCUT2D eigenvalue weighted by molar-refractivity contribution is -0.172. The topological polar surface area (TPSA) is 81.7 Å². The zero-order chi connectivity index (χ0) is 19.0. The van der Waals surface area contributed by atoms with Gasteiger partial charge in [0, 0.05) is 5.69 Å². The minimum atomic E-state index is -0.433.